The van der Waals surface area contributed by atoms with Crippen molar-refractivity contribution in [3.8, 4) is 23.0 Å². The van der Waals surface area contributed by atoms with Crippen LogP contribution < -0.4 is 4.74 Å². The lowest BCUT2D eigenvalue weighted by Crippen LogP contribution is -2.45. The fourth-order valence-corrected chi connectivity index (χ4v) is 7.63. The molecule has 1 aliphatic heterocycles. The van der Waals surface area contributed by atoms with Crippen LogP contribution in [-0.2, 0) is 12.8 Å². The lowest BCUT2D eigenvalue weighted by molar-refractivity contribution is 0.0107. The lowest BCUT2D eigenvalue weighted by atomic mass is 9.68. The highest BCUT2D eigenvalue weighted by Gasteiger charge is 2.45. The third kappa shape index (κ3) is 8.41. The number of hydrogen-bond donors (Lipinski definition) is 3. The first-order chi connectivity index (χ1) is 24.3. The summed E-state index contributed by atoms with van der Waals surface area (Å²) < 4.78 is 52.7. The number of allylic oxidation sites excluding steroid dienone is 5. The summed E-state index contributed by atoms with van der Waals surface area (Å²) in [5, 5.41) is 32.0. The highest BCUT2D eigenvalue weighted by molar-refractivity contribution is 5.54. The van der Waals surface area contributed by atoms with Crippen molar-refractivity contribution in [1.82, 2.24) is 0 Å². The molecule has 3 N–H and O–H groups in total. The Balaban J connectivity index is 0.000000233. The molecule has 0 radical (unpaired) electrons. The van der Waals surface area contributed by atoms with Gasteiger partial charge in [0.2, 0.25) is 0 Å². The number of fused-ring (bicyclic) bond motifs is 3. The predicted octanol–water partition coefficient (Wildman–Crippen LogP) is 11.6. The molecule has 0 saturated carbocycles. The van der Waals surface area contributed by atoms with E-state index in [0.29, 0.717) is 41.7 Å². The zero-order chi connectivity index (χ0) is 38.6. The molecule has 2 aromatic carbocycles. The molecule has 1 heterocycles. The number of benzene rings is 2. The van der Waals surface area contributed by atoms with E-state index in [1.165, 1.54) is 6.42 Å². The van der Waals surface area contributed by atoms with E-state index in [0.717, 1.165) is 73.6 Å². The minimum absolute atomic E-state index is 0.00356. The monoisotopic (exact) mass is 634 g/mol. The Hall–Kier alpha value is -3.14. The number of phenolic OH excluding ortho intramolecular Hbond substituents is 3. The van der Waals surface area contributed by atoms with E-state index in [1.54, 1.807) is 18.2 Å². The maximum absolute atomic E-state index is 10.7. The number of rotatable bonds is 10. The number of ether oxygens (including phenoxy) is 1. The summed E-state index contributed by atoms with van der Waals surface area (Å²) in [7, 11) is 0. The summed E-state index contributed by atoms with van der Waals surface area (Å²) in [6.45, 7) is 10.2. The Kier molecular flexibility index (Phi) is 9.49. The standard InChI is InChI=1S/2C21H30O2/c1-5-6-7-8-15-12-18(22)20-16-11-14(2)9-10-17(16)21(3,4)23-19(20)13-15;1-5-6-7-8-16-12-19(22)21(20(23)13-16)18-11-15(4)9-10-17(18)14(2)3/h11-13,16-17,22H,5-10H2,1-4H3;11-13,17-18,22-23H,2,5-10H2,1,3-4H3/t16-,17-;17-,18+/m10/s1/i2D3;4D3. The molecule has 0 saturated heterocycles. The summed E-state index contributed by atoms with van der Waals surface area (Å²) >= 11 is 0. The van der Waals surface area contributed by atoms with Crippen LogP contribution in [0.1, 0.15) is 155 Å². The highest BCUT2D eigenvalue weighted by atomic mass is 16.5. The van der Waals surface area contributed by atoms with Gasteiger partial charge in [-0.3, -0.25) is 0 Å². The first kappa shape index (κ1) is 27.9. The van der Waals surface area contributed by atoms with Crippen LogP contribution >= 0.6 is 0 Å². The van der Waals surface area contributed by atoms with E-state index in [9.17, 15) is 15.3 Å². The third-order valence-electron chi connectivity index (χ3n) is 10.2. The maximum atomic E-state index is 10.7. The van der Waals surface area contributed by atoms with Crippen LogP contribution in [0, 0.1) is 11.8 Å². The topological polar surface area (TPSA) is 69.9 Å². The molecule has 2 aromatic rings. The maximum Gasteiger partial charge on any atom is 0.127 e. The van der Waals surface area contributed by atoms with E-state index < -0.39 is 13.7 Å². The summed E-state index contributed by atoms with van der Waals surface area (Å²) in [4.78, 5) is 0. The molecule has 2 aliphatic carbocycles. The van der Waals surface area contributed by atoms with Crippen LogP contribution in [0.3, 0.4) is 0 Å². The van der Waals surface area contributed by atoms with Crippen molar-refractivity contribution in [3.63, 3.8) is 0 Å². The summed E-state index contributed by atoms with van der Waals surface area (Å²) in [6, 6.07) is 7.29. The lowest BCUT2D eigenvalue weighted by Gasteiger charge is -2.46. The number of aromatic hydroxyl groups is 3. The van der Waals surface area contributed by atoms with Crippen LogP contribution in [0.25, 0.3) is 0 Å². The van der Waals surface area contributed by atoms with Gasteiger partial charge in [0, 0.05) is 37.1 Å². The molecule has 5 rings (SSSR count). The fourth-order valence-electron chi connectivity index (χ4n) is 7.63. The van der Waals surface area contributed by atoms with E-state index in [2.05, 4.69) is 34.3 Å². The second kappa shape index (κ2) is 15.6. The van der Waals surface area contributed by atoms with Gasteiger partial charge >= 0.3 is 0 Å². The summed E-state index contributed by atoms with van der Waals surface area (Å²) in [5.41, 5.74) is 4.61. The molecule has 0 aromatic heterocycles. The highest BCUT2D eigenvalue weighted by Crippen LogP contribution is 2.53. The van der Waals surface area contributed by atoms with Crippen molar-refractivity contribution in [1.29, 1.82) is 0 Å². The molecular formula is C42H60O4. The van der Waals surface area contributed by atoms with Gasteiger partial charge in [-0.15, -0.1) is 0 Å². The first-order valence-corrected chi connectivity index (χ1v) is 17.5. The first-order valence-electron chi connectivity index (χ1n) is 20.5. The Bertz CT molecular complexity index is 1610. The van der Waals surface area contributed by atoms with Gasteiger partial charge in [0.05, 0.1) is 0 Å². The SMILES string of the molecule is [2H]C([2H])([2H])C1=C[C@@H](c2c(O)cc(CCCCC)cc2O)[C@H](C(=C)C)CC1.[2H]C([2H])([2H])C1=C[C@H]2c3c(O)cc(CCCCC)cc3OC(C)(C)[C@@H]2CC1. The van der Waals surface area contributed by atoms with Crippen molar-refractivity contribution in [3.05, 3.63) is 82.0 Å². The second-order valence-corrected chi connectivity index (χ2v) is 14.3. The quantitative estimate of drug-likeness (QED) is 0.180. The molecule has 0 fully saturated rings. The molecule has 46 heavy (non-hydrogen) atoms. The molecular weight excluding hydrogens is 568 g/mol. The van der Waals surface area contributed by atoms with E-state index in [-0.39, 0.29) is 46.5 Å². The fraction of sp³-hybridized carbons (Fsp3) is 0.571. The normalized spacial score (nSPS) is 25.6. The molecule has 3 aliphatic rings. The molecule has 0 spiro atoms. The summed E-state index contributed by atoms with van der Waals surface area (Å²) in [6.07, 6.45) is 14.4. The van der Waals surface area contributed by atoms with Gasteiger partial charge in [0.15, 0.2) is 0 Å². The number of unbranched alkanes of at least 4 members (excludes halogenated alkanes) is 4. The van der Waals surface area contributed by atoms with Gasteiger partial charge in [-0.1, -0.05) is 75.0 Å². The Labute approximate surface area is 287 Å². The third-order valence-corrected chi connectivity index (χ3v) is 10.2. The summed E-state index contributed by atoms with van der Waals surface area (Å²) in [5.74, 6) is 0.714. The van der Waals surface area contributed by atoms with Gasteiger partial charge in [-0.2, -0.15) is 0 Å². The van der Waals surface area contributed by atoms with Crippen LogP contribution in [-0.4, -0.2) is 20.9 Å². The molecule has 4 heteroatoms. The average molecular weight is 635 g/mol. The van der Waals surface area contributed by atoms with Crippen LogP contribution in [0.5, 0.6) is 23.0 Å². The van der Waals surface area contributed by atoms with Gasteiger partial charge in [-0.25, -0.2) is 0 Å². The molecule has 4 atom stereocenters. The van der Waals surface area contributed by atoms with E-state index >= 15 is 0 Å². The molecule has 0 bridgehead atoms. The van der Waals surface area contributed by atoms with E-state index in [1.807, 2.05) is 25.1 Å². The Morgan fingerprint density at radius 1 is 0.804 bits per heavy atom. The Morgan fingerprint density at radius 2 is 1.33 bits per heavy atom. The van der Waals surface area contributed by atoms with Crippen molar-refractivity contribution in [2.24, 2.45) is 11.8 Å². The second-order valence-electron chi connectivity index (χ2n) is 14.3. The number of aryl methyl sites for hydroxylation is 2. The molecule has 252 valence electrons. The number of phenols is 3. The average Bonchev–Trinajstić information content (AvgIpc) is 3.03. The predicted molar refractivity (Wildman–Crippen MR) is 192 cm³/mol. The molecule has 4 nitrogen and oxygen atoms in total. The van der Waals surface area contributed by atoms with Crippen molar-refractivity contribution >= 4 is 0 Å². The number of hydrogen-bond acceptors (Lipinski definition) is 4. The van der Waals surface area contributed by atoms with Crippen LogP contribution in [0.15, 0.2) is 59.7 Å². The van der Waals surface area contributed by atoms with Crippen LogP contribution in [0.2, 0.25) is 0 Å². The van der Waals surface area contributed by atoms with Crippen molar-refractivity contribution < 1.29 is 28.3 Å². The minimum Gasteiger partial charge on any atom is -0.507 e. The van der Waals surface area contributed by atoms with Crippen molar-refractivity contribution in [2.75, 3.05) is 0 Å². The zero-order valence-corrected chi connectivity index (χ0v) is 28.7. The Morgan fingerprint density at radius 3 is 1.87 bits per heavy atom. The van der Waals surface area contributed by atoms with Gasteiger partial charge in [-0.05, 0) is 127 Å². The smallest absolute Gasteiger partial charge is 0.127 e. The minimum atomic E-state index is -2.15. The van der Waals surface area contributed by atoms with E-state index in [4.69, 9.17) is 13.0 Å². The van der Waals surface area contributed by atoms with Crippen molar-refractivity contribution in [2.45, 2.75) is 143 Å². The van der Waals surface area contributed by atoms with Gasteiger partial charge in [0.1, 0.15) is 28.6 Å². The largest absolute Gasteiger partial charge is 0.507 e. The van der Waals surface area contributed by atoms with Crippen LogP contribution in [0.4, 0.5) is 0 Å². The zero-order valence-electron chi connectivity index (χ0n) is 34.7. The van der Waals surface area contributed by atoms with Gasteiger partial charge in [0.25, 0.3) is 0 Å². The van der Waals surface area contributed by atoms with Gasteiger partial charge < -0.3 is 20.1 Å². The molecule has 0 amide bonds. The molecule has 0 unspecified atom stereocenters.